The molecule has 25 heavy (non-hydrogen) atoms. The molecule has 0 aromatic heterocycles. The quantitative estimate of drug-likeness (QED) is 0.347. The fraction of sp³-hybridized carbons (Fsp3) is 0.0455. The summed E-state index contributed by atoms with van der Waals surface area (Å²) in [6.45, 7) is 14.5. The number of rotatable bonds is 7. The summed E-state index contributed by atoms with van der Waals surface area (Å²) >= 11 is 1.75. The number of benzene rings is 2. The molecular weight excluding hydrogens is 328 g/mol. The number of carbonyl (C=O) groups excluding carboxylic acids is 1. The van der Waals surface area contributed by atoms with Gasteiger partial charge in [0.25, 0.3) is 0 Å². The Kier molecular flexibility index (Phi) is 9.49. The Morgan fingerprint density at radius 1 is 0.880 bits per heavy atom. The molecule has 0 radical (unpaired) electrons. The van der Waals surface area contributed by atoms with Gasteiger partial charge in [-0.25, -0.2) is 4.79 Å². The van der Waals surface area contributed by atoms with Crippen molar-refractivity contribution in [3.05, 3.63) is 98.1 Å². The van der Waals surface area contributed by atoms with Crippen LogP contribution in [0.5, 0.6) is 0 Å². The van der Waals surface area contributed by atoms with E-state index >= 15 is 0 Å². The van der Waals surface area contributed by atoms with Gasteiger partial charge in [0.1, 0.15) is 6.61 Å². The first-order valence-corrected chi connectivity index (χ1v) is 8.48. The summed E-state index contributed by atoms with van der Waals surface area (Å²) in [7, 11) is 0. The van der Waals surface area contributed by atoms with Crippen molar-refractivity contribution in [2.24, 2.45) is 0 Å². The van der Waals surface area contributed by atoms with E-state index < -0.39 is 5.97 Å². The van der Waals surface area contributed by atoms with Gasteiger partial charge in [-0.1, -0.05) is 92.7 Å². The van der Waals surface area contributed by atoms with Crippen LogP contribution in [-0.4, -0.2) is 12.6 Å². The summed E-state index contributed by atoms with van der Waals surface area (Å²) in [5.41, 5.74) is 2.33. The van der Waals surface area contributed by atoms with Gasteiger partial charge < -0.3 is 4.74 Å². The van der Waals surface area contributed by atoms with Crippen LogP contribution in [0, 0.1) is 0 Å². The number of ether oxygens (including phenoxy) is 1. The highest BCUT2D eigenvalue weighted by Crippen LogP contribution is 2.33. The Bertz CT molecular complexity index is 698. The maximum atomic E-state index is 10.2. The third kappa shape index (κ3) is 7.10. The Labute approximate surface area is 154 Å². The SMILES string of the molecule is C=CCOC(=O)C=C.C=Cc1ccccc1Sc1ccccc1C=C. The van der Waals surface area contributed by atoms with E-state index in [9.17, 15) is 4.79 Å². The Morgan fingerprint density at radius 3 is 1.76 bits per heavy atom. The van der Waals surface area contributed by atoms with E-state index in [2.05, 4.69) is 55.3 Å². The number of esters is 1. The second kappa shape index (κ2) is 11.7. The van der Waals surface area contributed by atoms with Gasteiger partial charge in [0, 0.05) is 15.9 Å². The van der Waals surface area contributed by atoms with Gasteiger partial charge in [-0.15, -0.1) is 0 Å². The molecule has 2 aromatic carbocycles. The molecule has 0 bridgehead atoms. The highest BCUT2D eigenvalue weighted by molar-refractivity contribution is 7.99. The smallest absolute Gasteiger partial charge is 0.330 e. The third-order valence-electron chi connectivity index (χ3n) is 3.01. The Morgan fingerprint density at radius 2 is 1.36 bits per heavy atom. The van der Waals surface area contributed by atoms with Crippen LogP contribution >= 0.6 is 11.8 Å². The van der Waals surface area contributed by atoms with Crippen molar-refractivity contribution in [2.75, 3.05) is 6.61 Å². The van der Waals surface area contributed by atoms with E-state index in [1.165, 1.54) is 15.9 Å². The number of hydrogen-bond acceptors (Lipinski definition) is 3. The topological polar surface area (TPSA) is 26.3 Å². The van der Waals surface area contributed by atoms with Gasteiger partial charge in [0.2, 0.25) is 0 Å². The molecule has 2 nitrogen and oxygen atoms in total. The van der Waals surface area contributed by atoms with Crippen molar-refractivity contribution in [3.8, 4) is 0 Å². The zero-order valence-corrected chi connectivity index (χ0v) is 15.0. The van der Waals surface area contributed by atoms with Crippen LogP contribution in [0.2, 0.25) is 0 Å². The van der Waals surface area contributed by atoms with E-state index in [0.29, 0.717) is 0 Å². The summed E-state index contributed by atoms with van der Waals surface area (Å²) in [6, 6.07) is 16.5. The van der Waals surface area contributed by atoms with Crippen LogP contribution in [-0.2, 0) is 9.53 Å². The summed E-state index contributed by atoms with van der Waals surface area (Å²) in [6.07, 6.45) is 6.39. The van der Waals surface area contributed by atoms with Gasteiger partial charge in [0.15, 0.2) is 0 Å². The second-order valence-electron chi connectivity index (χ2n) is 4.71. The van der Waals surface area contributed by atoms with Crippen molar-refractivity contribution in [2.45, 2.75) is 9.79 Å². The molecule has 0 atom stereocenters. The lowest BCUT2D eigenvalue weighted by molar-refractivity contribution is -0.136. The summed E-state index contributed by atoms with van der Waals surface area (Å²) in [4.78, 5) is 12.6. The largest absolute Gasteiger partial charge is 0.458 e. The standard InChI is InChI=1S/C16H14S.C6H8O2/c1-3-13-9-5-7-11-15(13)17-16-12-8-6-10-14(16)4-2;1-3-5-8-6(7)4-2/h3-12H,1-2H2;3-4H,1-2,5H2. The first kappa shape index (κ1) is 20.3. The molecule has 2 aromatic rings. The number of carbonyl (C=O) groups is 1. The van der Waals surface area contributed by atoms with Gasteiger partial charge >= 0.3 is 5.97 Å². The van der Waals surface area contributed by atoms with Crippen molar-refractivity contribution in [1.29, 1.82) is 0 Å². The molecule has 0 amide bonds. The lowest BCUT2D eigenvalue weighted by atomic mass is 10.2. The van der Waals surface area contributed by atoms with E-state index in [-0.39, 0.29) is 6.61 Å². The van der Waals surface area contributed by atoms with E-state index in [1.54, 1.807) is 11.8 Å². The molecular formula is C22H22O2S. The second-order valence-corrected chi connectivity index (χ2v) is 5.79. The first-order valence-electron chi connectivity index (χ1n) is 7.67. The van der Waals surface area contributed by atoms with Crippen molar-refractivity contribution < 1.29 is 9.53 Å². The van der Waals surface area contributed by atoms with Crippen LogP contribution in [0.15, 0.2) is 96.8 Å². The van der Waals surface area contributed by atoms with Gasteiger partial charge in [-0.05, 0) is 23.3 Å². The molecule has 128 valence electrons. The predicted molar refractivity (Wildman–Crippen MR) is 109 cm³/mol. The minimum atomic E-state index is -0.412. The molecule has 0 unspecified atom stereocenters. The van der Waals surface area contributed by atoms with E-state index in [4.69, 9.17) is 0 Å². The third-order valence-corrected chi connectivity index (χ3v) is 4.19. The summed E-state index contributed by atoms with van der Waals surface area (Å²) in [5.74, 6) is -0.412. The summed E-state index contributed by atoms with van der Waals surface area (Å²) in [5, 5.41) is 0. The zero-order chi connectivity index (χ0) is 18.5. The first-order chi connectivity index (χ1) is 12.2. The number of hydrogen-bond donors (Lipinski definition) is 0. The maximum Gasteiger partial charge on any atom is 0.330 e. The van der Waals surface area contributed by atoms with Crippen LogP contribution in [0.1, 0.15) is 11.1 Å². The molecule has 2 rings (SSSR count). The van der Waals surface area contributed by atoms with Gasteiger partial charge in [-0.2, -0.15) is 0 Å². The van der Waals surface area contributed by atoms with Gasteiger partial charge in [0.05, 0.1) is 0 Å². The fourth-order valence-corrected chi connectivity index (χ4v) is 2.87. The average molecular weight is 350 g/mol. The lowest BCUT2D eigenvalue weighted by Crippen LogP contribution is -1.98. The van der Waals surface area contributed by atoms with Crippen LogP contribution in [0.25, 0.3) is 12.2 Å². The van der Waals surface area contributed by atoms with Crippen LogP contribution < -0.4 is 0 Å². The Hall–Kier alpha value is -2.78. The molecule has 0 aliphatic heterocycles. The molecule has 0 saturated heterocycles. The zero-order valence-electron chi connectivity index (χ0n) is 14.2. The Balaban J connectivity index is 0.000000333. The van der Waals surface area contributed by atoms with Crippen molar-refractivity contribution in [1.82, 2.24) is 0 Å². The van der Waals surface area contributed by atoms with Crippen molar-refractivity contribution >= 4 is 29.9 Å². The maximum absolute atomic E-state index is 10.2. The average Bonchev–Trinajstić information content (AvgIpc) is 2.67. The van der Waals surface area contributed by atoms with Gasteiger partial charge in [-0.3, -0.25) is 0 Å². The lowest BCUT2D eigenvalue weighted by Gasteiger charge is -2.08. The molecule has 0 saturated carbocycles. The van der Waals surface area contributed by atoms with E-state index in [1.807, 2.05) is 36.4 Å². The minimum Gasteiger partial charge on any atom is -0.458 e. The highest BCUT2D eigenvalue weighted by atomic mass is 32.2. The molecule has 3 heteroatoms. The van der Waals surface area contributed by atoms with Crippen LogP contribution in [0.4, 0.5) is 0 Å². The molecule has 0 N–H and O–H groups in total. The highest BCUT2D eigenvalue weighted by Gasteiger charge is 2.03. The summed E-state index contributed by atoms with van der Waals surface area (Å²) < 4.78 is 4.47. The molecule has 0 spiro atoms. The fourth-order valence-electron chi connectivity index (χ4n) is 1.80. The molecule has 0 aliphatic rings. The van der Waals surface area contributed by atoms with Crippen LogP contribution in [0.3, 0.4) is 0 Å². The monoisotopic (exact) mass is 350 g/mol. The van der Waals surface area contributed by atoms with E-state index in [0.717, 1.165) is 17.2 Å². The molecule has 0 aliphatic carbocycles. The molecule has 0 heterocycles. The predicted octanol–water partition coefficient (Wildman–Crippen LogP) is 6.03. The normalized spacial score (nSPS) is 9.12. The minimum absolute atomic E-state index is 0.255. The van der Waals surface area contributed by atoms with Crippen molar-refractivity contribution in [3.63, 3.8) is 0 Å². The molecule has 0 fully saturated rings.